The Morgan fingerprint density at radius 3 is 2.48 bits per heavy atom. The molecule has 0 aromatic carbocycles. The number of halogens is 1. The van der Waals surface area contributed by atoms with Gasteiger partial charge in [0.2, 0.25) is 0 Å². The molecule has 1 N–H and O–H groups in total. The van der Waals surface area contributed by atoms with Crippen LogP contribution in [0.4, 0.5) is 0 Å². The van der Waals surface area contributed by atoms with Crippen LogP contribution in [-0.2, 0) is 19.9 Å². The molecule has 21 heavy (non-hydrogen) atoms. The minimum Gasteiger partial charge on any atom is -0.313 e. The van der Waals surface area contributed by atoms with Crippen LogP contribution in [0.15, 0.2) is 0 Å². The van der Waals surface area contributed by atoms with Crippen LogP contribution in [0.5, 0.6) is 0 Å². The maximum atomic E-state index is 6.48. The summed E-state index contributed by atoms with van der Waals surface area (Å²) in [6, 6.07) is 0.437. The van der Waals surface area contributed by atoms with Gasteiger partial charge in [-0.15, -0.1) is 0 Å². The zero-order chi connectivity index (χ0) is 16.0. The second-order valence-electron chi connectivity index (χ2n) is 6.46. The van der Waals surface area contributed by atoms with E-state index in [1.807, 2.05) is 23.5 Å². The van der Waals surface area contributed by atoms with Crippen molar-refractivity contribution in [1.29, 1.82) is 0 Å². The van der Waals surface area contributed by atoms with Crippen LogP contribution < -0.4 is 5.32 Å². The third-order valence-electron chi connectivity index (χ3n) is 3.34. The molecule has 1 unspecified atom stereocenters. The van der Waals surface area contributed by atoms with Crippen LogP contribution in [0.1, 0.15) is 52.4 Å². The van der Waals surface area contributed by atoms with Gasteiger partial charge in [-0.2, -0.15) is 16.9 Å². The van der Waals surface area contributed by atoms with E-state index in [1.165, 1.54) is 0 Å². The number of thioether (sulfide) groups is 1. The monoisotopic (exact) mass is 331 g/mol. The first-order chi connectivity index (χ1) is 9.78. The SMILES string of the molecule is CCCNC(CSC(C)(C)C)Cc1c(Cl)c(CC)nn1C. The molecule has 0 fully saturated rings. The fourth-order valence-corrected chi connectivity index (χ4v) is 3.47. The van der Waals surface area contributed by atoms with Crippen molar-refractivity contribution in [2.45, 2.75) is 64.7 Å². The number of rotatable bonds is 8. The zero-order valence-corrected chi connectivity index (χ0v) is 15.9. The maximum absolute atomic E-state index is 6.48. The van der Waals surface area contributed by atoms with E-state index in [-0.39, 0.29) is 4.75 Å². The lowest BCUT2D eigenvalue weighted by Crippen LogP contribution is -2.35. The van der Waals surface area contributed by atoms with E-state index < -0.39 is 0 Å². The number of nitrogens with zero attached hydrogens (tertiary/aromatic N) is 2. The van der Waals surface area contributed by atoms with Crippen LogP contribution in [0.25, 0.3) is 0 Å². The molecule has 3 nitrogen and oxygen atoms in total. The van der Waals surface area contributed by atoms with Crippen molar-refractivity contribution in [2.75, 3.05) is 12.3 Å². The predicted octanol–water partition coefficient (Wildman–Crippen LogP) is 4.08. The number of nitrogens with one attached hydrogen (secondary N) is 1. The highest BCUT2D eigenvalue weighted by Crippen LogP contribution is 2.26. The van der Waals surface area contributed by atoms with Gasteiger partial charge in [0.1, 0.15) is 0 Å². The van der Waals surface area contributed by atoms with Gasteiger partial charge in [-0.05, 0) is 19.4 Å². The minimum atomic E-state index is 0.289. The van der Waals surface area contributed by atoms with E-state index in [9.17, 15) is 0 Å². The number of aryl methyl sites for hydroxylation is 2. The first kappa shape index (κ1) is 18.9. The minimum absolute atomic E-state index is 0.289. The molecular weight excluding hydrogens is 302 g/mol. The Morgan fingerprint density at radius 1 is 1.33 bits per heavy atom. The Bertz CT molecular complexity index is 437. The summed E-state index contributed by atoms with van der Waals surface area (Å²) in [5, 5.41) is 9.02. The van der Waals surface area contributed by atoms with Crippen molar-refractivity contribution in [3.05, 3.63) is 16.4 Å². The van der Waals surface area contributed by atoms with Crippen LogP contribution in [0, 0.1) is 0 Å². The molecule has 1 heterocycles. The van der Waals surface area contributed by atoms with E-state index >= 15 is 0 Å². The summed E-state index contributed by atoms with van der Waals surface area (Å²) in [6.07, 6.45) is 2.97. The van der Waals surface area contributed by atoms with E-state index in [4.69, 9.17) is 11.6 Å². The summed E-state index contributed by atoms with van der Waals surface area (Å²) in [5.41, 5.74) is 2.16. The molecule has 0 aliphatic carbocycles. The summed E-state index contributed by atoms with van der Waals surface area (Å²) in [6.45, 7) is 12.1. The lowest BCUT2D eigenvalue weighted by Gasteiger charge is -2.24. The fraction of sp³-hybridized carbons (Fsp3) is 0.812. The highest BCUT2D eigenvalue weighted by Gasteiger charge is 2.20. The smallest absolute Gasteiger partial charge is 0.0850 e. The molecule has 1 aromatic heterocycles. The lowest BCUT2D eigenvalue weighted by atomic mass is 10.1. The standard InChI is InChI=1S/C16H30ClN3S/c1-7-9-18-12(11-21-16(3,4)5)10-14-15(17)13(8-2)19-20(14)6/h12,18H,7-11H2,1-6H3. The normalized spacial score (nSPS) is 13.7. The van der Waals surface area contributed by atoms with Gasteiger partial charge in [-0.3, -0.25) is 4.68 Å². The van der Waals surface area contributed by atoms with E-state index in [0.717, 1.165) is 48.0 Å². The fourth-order valence-electron chi connectivity index (χ4n) is 2.16. The van der Waals surface area contributed by atoms with Gasteiger partial charge in [0, 0.05) is 30.0 Å². The Kier molecular flexibility index (Phi) is 7.58. The number of hydrogen-bond acceptors (Lipinski definition) is 3. The highest BCUT2D eigenvalue weighted by atomic mass is 35.5. The molecule has 5 heteroatoms. The second kappa shape index (κ2) is 8.44. The molecule has 1 aromatic rings. The van der Waals surface area contributed by atoms with Crippen LogP contribution in [-0.4, -0.2) is 32.9 Å². The van der Waals surface area contributed by atoms with Crippen LogP contribution >= 0.6 is 23.4 Å². The van der Waals surface area contributed by atoms with Gasteiger partial charge in [0.25, 0.3) is 0 Å². The summed E-state index contributed by atoms with van der Waals surface area (Å²) in [7, 11) is 1.99. The molecule has 0 saturated heterocycles. The van der Waals surface area contributed by atoms with Gasteiger partial charge < -0.3 is 5.32 Å². The molecule has 0 saturated carbocycles. The molecule has 0 aliphatic rings. The largest absolute Gasteiger partial charge is 0.313 e. The Morgan fingerprint density at radius 2 is 2.00 bits per heavy atom. The van der Waals surface area contributed by atoms with Crippen molar-refractivity contribution < 1.29 is 0 Å². The quantitative estimate of drug-likeness (QED) is 0.778. The van der Waals surface area contributed by atoms with Crippen molar-refractivity contribution in [1.82, 2.24) is 15.1 Å². The van der Waals surface area contributed by atoms with Gasteiger partial charge in [-0.1, -0.05) is 46.2 Å². The molecule has 0 bridgehead atoms. The molecule has 1 atom stereocenters. The zero-order valence-electron chi connectivity index (χ0n) is 14.3. The number of aromatic nitrogens is 2. The van der Waals surface area contributed by atoms with Gasteiger partial charge in [-0.25, -0.2) is 0 Å². The average Bonchev–Trinajstić information content (AvgIpc) is 2.67. The summed E-state index contributed by atoms with van der Waals surface area (Å²) in [5.74, 6) is 1.09. The maximum Gasteiger partial charge on any atom is 0.0850 e. The average molecular weight is 332 g/mol. The van der Waals surface area contributed by atoms with Gasteiger partial charge in [0.15, 0.2) is 0 Å². The first-order valence-electron chi connectivity index (χ1n) is 7.86. The lowest BCUT2D eigenvalue weighted by molar-refractivity contribution is 0.530. The van der Waals surface area contributed by atoms with Gasteiger partial charge in [0.05, 0.1) is 16.4 Å². The molecular formula is C16H30ClN3S. The van der Waals surface area contributed by atoms with Gasteiger partial charge >= 0.3 is 0 Å². The summed E-state index contributed by atoms with van der Waals surface area (Å²) in [4.78, 5) is 0. The Labute approximate surface area is 139 Å². The van der Waals surface area contributed by atoms with Crippen molar-refractivity contribution in [3.63, 3.8) is 0 Å². The Hall–Kier alpha value is -0.190. The first-order valence-corrected chi connectivity index (χ1v) is 9.22. The topological polar surface area (TPSA) is 29.9 Å². The second-order valence-corrected chi connectivity index (χ2v) is 8.69. The van der Waals surface area contributed by atoms with Crippen LogP contribution in [0.2, 0.25) is 5.02 Å². The third-order valence-corrected chi connectivity index (χ3v) is 5.21. The molecule has 0 amide bonds. The van der Waals surface area contributed by atoms with E-state index in [0.29, 0.717) is 6.04 Å². The molecule has 122 valence electrons. The van der Waals surface area contributed by atoms with Crippen LogP contribution in [0.3, 0.4) is 0 Å². The van der Waals surface area contributed by atoms with E-state index in [2.05, 4.69) is 45.0 Å². The molecule has 0 radical (unpaired) electrons. The van der Waals surface area contributed by atoms with E-state index in [1.54, 1.807) is 0 Å². The van der Waals surface area contributed by atoms with Crippen molar-refractivity contribution in [3.8, 4) is 0 Å². The predicted molar refractivity (Wildman–Crippen MR) is 95.6 cm³/mol. The molecule has 0 aliphatic heterocycles. The highest BCUT2D eigenvalue weighted by molar-refractivity contribution is 8.00. The number of hydrogen-bond donors (Lipinski definition) is 1. The molecule has 0 spiro atoms. The third kappa shape index (κ3) is 6.21. The van der Waals surface area contributed by atoms with Crippen molar-refractivity contribution in [2.24, 2.45) is 7.05 Å². The Balaban J connectivity index is 2.78. The summed E-state index contributed by atoms with van der Waals surface area (Å²) >= 11 is 8.48. The summed E-state index contributed by atoms with van der Waals surface area (Å²) < 4.78 is 2.24. The molecule has 1 rings (SSSR count). The van der Waals surface area contributed by atoms with Crippen molar-refractivity contribution >= 4 is 23.4 Å².